The average molecular weight is 206 g/mol. The number of nitrogens with zero attached hydrogens (tertiary/aromatic N) is 1. The Kier molecular flexibility index (Phi) is 2.37. The highest BCUT2D eigenvalue weighted by molar-refractivity contribution is 5.94. The lowest BCUT2D eigenvalue weighted by Crippen LogP contribution is -2.15. The number of carbonyl (C=O) groups excluding carboxylic acids is 1. The van der Waals surface area contributed by atoms with Crippen LogP contribution in [0.4, 0.5) is 5.82 Å². The number of carboxylic acids is 1. The van der Waals surface area contributed by atoms with Gasteiger partial charge >= 0.3 is 5.97 Å². The molecule has 0 aromatic carbocycles. The van der Waals surface area contributed by atoms with Crippen molar-refractivity contribution in [2.24, 2.45) is 5.92 Å². The molecule has 1 aliphatic carbocycles. The van der Waals surface area contributed by atoms with Crippen molar-refractivity contribution in [3.05, 3.63) is 23.9 Å². The highest BCUT2D eigenvalue weighted by Gasteiger charge is 2.29. The van der Waals surface area contributed by atoms with Crippen LogP contribution in [0.3, 0.4) is 0 Å². The molecule has 0 radical (unpaired) electrons. The lowest BCUT2D eigenvalue weighted by molar-refractivity contribution is -0.117. The third-order valence-electron chi connectivity index (χ3n) is 2.17. The summed E-state index contributed by atoms with van der Waals surface area (Å²) in [4.78, 5) is 25.8. The number of carboxylic acid groups (broad SMARTS) is 1. The Hall–Kier alpha value is -1.91. The van der Waals surface area contributed by atoms with E-state index in [1.807, 2.05) is 0 Å². The van der Waals surface area contributed by atoms with Crippen molar-refractivity contribution >= 4 is 17.7 Å². The summed E-state index contributed by atoms with van der Waals surface area (Å²) >= 11 is 0. The molecule has 1 saturated carbocycles. The molecule has 1 aromatic heterocycles. The number of hydrogen-bond donors (Lipinski definition) is 2. The van der Waals surface area contributed by atoms with Gasteiger partial charge in [0.25, 0.3) is 0 Å². The summed E-state index contributed by atoms with van der Waals surface area (Å²) < 4.78 is 0. The van der Waals surface area contributed by atoms with Crippen LogP contribution in [0.2, 0.25) is 0 Å². The first-order valence-electron chi connectivity index (χ1n) is 4.68. The fourth-order valence-electron chi connectivity index (χ4n) is 1.20. The Morgan fingerprint density at radius 3 is 2.73 bits per heavy atom. The molecule has 1 heterocycles. The van der Waals surface area contributed by atoms with Crippen LogP contribution in [0.5, 0.6) is 0 Å². The molecule has 0 aliphatic heterocycles. The zero-order chi connectivity index (χ0) is 10.8. The number of aromatic carboxylic acids is 1. The van der Waals surface area contributed by atoms with Crippen LogP contribution in [-0.2, 0) is 4.79 Å². The Balaban J connectivity index is 2.10. The average Bonchev–Trinajstić information content (AvgIpc) is 3.01. The molecule has 0 spiro atoms. The van der Waals surface area contributed by atoms with Gasteiger partial charge in [0.2, 0.25) is 5.91 Å². The van der Waals surface area contributed by atoms with Crippen LogP contribution >= 0.6 is 0 Å². The summed E-state index contributed by atoms with van der Waals surface area (Å²) in [5.74, 6) is -0.797. The highest BCUT2D eigenvalue weighted by Crippen LogP contribution is 2.29. The molecule has 1 amide bonds. The number of hydrogen-bond acceptors (Lipinski definition) is 3. The molecule has 0 bridgehead atoms. The van der Waals surface area contributed by atoms with Gasteiger partial charge in [0.05, 0.1) is 0 Å². The van der Waals surface area contributed by atoms with Crippen molar-refractivity contribution < 1.29 is 14.7 Å². The van der Waals surface area contributed by atoms with Gasteiger partial charge in [0.15, 0.2) is 5.69 Å². The maximum absolute atomic E-state index is 11.4. The van der Waals surface area contributed by atoms with Crippen molar-refractivity contribution in [3.63, 3.8) is 0 Å². The standard InChI is InChI=1S/C10H10N2O3/c13-9(6-4-5-6)12-8-3-1-2-7(11-8)10(14)15/h1-3,6H,4-5H2,(H,14,15)(H,11,12,13). The van der Waals surface area contributed by atoms with Gasteiger partial charge in [0.1, 0.15) is 5.82 Å². The number of nitrogens with one attached hydrogen (secondary N) is 1. The summed E-state index contributed by atoms with van der Waals surface area (Å²) in [6, 6.07) is 4.51. The second-order valence-electron chi connectivity index (χ2n) is 3.48. The summed E-state index contributed by atoms with van der Waals surface area (Å²) in [5.41, 5.74) is -0.0661. The van der Waals surface area contributed by atoms with E-state index in [2.05, 4.69) is 10.3 Å². The smallest absolute Gasteiger partial charge is 0.354 e. The summed E-state index contributed by atoms with van der Waals surface area (Å²) in [6.45, 7) is 0. The topological polar surface area (TPSA) is 79.3 Å². The fourth-order valence-corrected chi connectivity index (χ4v) is 1.20. The second-order valence-corrected chi connectivity index (χ2v) is 3.48. The summed E-state index contributed by atoms with van der Waals surface area (Å²) in [7, 11) is 0. The quantitative estimate of drug-likeness (QED) is 0.776. The Labute approximate surface area is 86.1 Å². The van der Waals surface area contributed by atoms with Crippen LogP contribution in [0.25, 0.3) is 0 Å². The van der Waals surface area contributed by atoms with E-state index in [0.29, 0.717) is 5.82 Å². The first kappa shape index (κ1) is 9.64. The van der Waals surface area contributed by atoms with Crippen LogP contribution in [0.1, 0.15) is 23.3 Å². The molecular formula is C10H10N2O3. The monoisotopic (exact) mass is 206 g/mol. The Morgan fingerprint density at radius 2 is 2.13 bits per heavy atom. The van der Waals surface area contributed by atoms with Gasteiger partial charge in [0, 0.05) is 5.92 Å². The molecule has 78 valence electrons. The van der Waals surface area contributed by atoms with E-state index in [1.165, 1.54) is 6.07 Å². The van der Waals surface area contributed by atoms with E-state index in [1.54, 1.807) is 12.1 Å². The van der Waals surface area contributed by atoms with Gasteiger partial charge < -0.3 is 10.4 Å². The molecular weight excluding hydrogens is 196 g/mol. The van der Waals surface area contributed by atoms with E-state index < -0.39 is 5.97 Å². The van der Waals surface area contributed by atoms with E-state index in [4.69, 9.17) is 5.11 Å². The Morgan fingerprint density at radius 1 is 1.40 bits per heavy atom. The van der Waals surface area contributed by atoms with E-state index >= 15 is 0 Å². The third-order valence-corrected chi connectivity index (χ3v) is 2.17. The summed E-state index contributed by atoms with van der Waals surface area (Å²) in [5, 5.41) is 11.3. The van der Waals surface area contributed by atoms with Gasteiger partial charge in [-0.1, -0.05) is 6.07 Å². The van der Waals surface area contributed by atoms with Crippen molar-refractivity contribution in [1.29, 1.82) is 0 Å². The van der Waals surface area contributed by atoms with Gasteiger partial charge in [-0.05, 0) is 25.0 Å². The third kappa shape index (κ3) is 2.31. The normalized spacial score (nSPS) is 14.7. The lowest BCUT2D eigenvalue weighted by Gasteiger charge is -2.03. The number of aromatic nitrogens is 1. The number of pyridine rings is 1. The molecule has 5 nitrogen and oxygen atoms in total. The second kappa shape index (κ2) is 3.68. The lowest BCUT2D eigenvalue weighted by atomic mass is 10.3. The van der Waals surface area contributed by atoms with E-state index in [-0.39, 0.29) is 17.5 Å². The van der Waals surface area contributed by atoms with Gasteiger partial charge in [-0.2, -0.15) is 0 Å². The van der Waals surface area contributed by atoms with Crippen LogP contribution in [0, 0.1) is 5.92 Å². The van der Waals surface area contributed by atoms with Gasteiger partial charge in [-0.25, -0.2) is 9.78 Å². The predicted molar refractivity (Wildman–Crippen MR) is 52.6 cm³/mol. The molecule has 0 atom stereocenters. The zero-order valence-corrected chi connectivity index (χ0v) is 7.93. The van der Waals surface area contributed by atoms with Crippen LogP contribution in [0.15, 0.2) is 18.2 Å². The molecule has 1 aliphatic rings. The number of amides is 1. The summed E-state index contributed by atoms with van der Waals surface area (Å²) in [6.07, 6.45) is 1.81. The maximum Gasteiger partial charge on any atom is 0.354 e. The van der Waals surface area contributed by atoms with Crippen molar-refractivity contribution in [2.45, 2.75) is 12.8 Å². The van der Waals surface area contributed by atoms with Crippen molar-refractivity contribution in [1.82, 2.24) is 4.98 Å². The Bertz CT molecular complexity index is 413. The predicted octanol–water partition coefficient (Wildman–Crippen LogP) is 1.13. The molecule has 2 rings (SSSR count). The maximum atomic E-state index is 11.4. The van der Waals surface area contributed by atoms with Crippen molar-refractivity contribution in [3.8, 4) is 0 Å². The molecule has 0 saturated heterocycles. The molecule has 5 heteroatoms. The van der Waals surface area contributed by atoms with Crippen LogP contribution in [-0.4, -0.2) is 22.0 Å². The molecule has 2 N–H and O–H groups in total. The zero-order valence-electron chi connectivity index (χ0n) is 7.93. The fraction of sp³-hybridized carbons (Fsp3) is 0.300. The largest absolute Gasteiger partial charge is 0.477 e. The highest BCUT2D eigenvalue weighted by atomic mass is 16.4. The SMILES string of the molecule is O=C(O)c1cccc(NC(=O)C2CC2)n1. The van der Waals surface area contributed by atoms with Gasteiger partial charge in [-0.15, -0.1) is 0 Å². The minimum absolute atomic E-state index is 0.0661. The number of anilines is 1. The van der Waals surface area contributed by atoms with Gasteiger partial charge in [-0.3, -0.25) is 4.79 Å². The minimum Gasteiger partial charge on any atom is -0.477 e. The first-order chi connectivity index (χ1) is 7.16. The van der Waals surface area contributed by atoms with Crippen LogP contribution < -0.4 is 5.32 Å². The molecule has 0 unspecified atom stereocenters. The van der Waals surface area contributed by atoms with E-state index in [9.17, 15) is 9.59 Å². The minimum atomic E-state index is -1.10. The number of rotatable bonds is 3. The molecule has 1 fully saturated rings. The number of carbonyl (C=O) groups is 2. The van der Waals surface area contributed by atoms with E-state index in [0.717, 1.165) is 12.8 Å². The molecule has 15 heavy (non-hydrogen) atoms. The first-order valence-corrected chi connectivity index (χ1v) is 4.68. The van der Waals surface area contributed by atoms with Crippen molar-refractivity contribution in [2.75, 3.05) is 5.32 Å². The molecule has 1 aromatic rings.